The number of halogens is 2. The van der Waals surface area contributed by atoms with Crippen LogP contribution in [0.3, 0.4) is 0 Å². The number of aliphatic hydroxyl groups is 1. The van der Waals surface area contributed by atoms with Crippen LogP contribution in [-0.4, -0.2) is 30.1 Å². The second-order valence-electron chi connectivity index (χ2n) is 3.89. The number of hydrogen-bond donors (Lipinski definition) is 2. The molecule has 0 aliphatic carbocycles. The maximum atomic E-state index is 12.0. The molecule has 0 fully saturated rings. The van der Waals surface area contributed by atoms with E-state index >= 15 is 0 Å². The molecule has 96 valence electrons. The first kappa shape index (κ1) is 15.3. The van der Waals surface area contributed by atoms with E-state index in [0.29, 0.717) is 6.42 Å². The Morgan fingerprint density at radius 2 is 2.00 bits per heavy atom. The first-order chi connectivity index (χ1) is 7.52. The number of hydrogen-bond acceptors (Lipinski definition) is 2. The van der Waals surface area contributed by atoms with Crippen molar-refractivity contribution in [2.75, 3.05) is 6.54 Å². The molecule has 0 radical (unpaired) electrons. The molecule has 1 amide bonds. The maximum absolute atomic E-state index is 12.0. The molecule has 2 unspecified atom stereocenters. The molecule has 16 heavy (non-hydrogen) atoms. The predicted octanol–water partition coefficient (Wildman–Crippen LogP) is 1.95. The Bertz CT molecular complexity index is 200. The molecule has 0 rings (SSSR count). The molecular weight excluding hydrogens is 216 g/mol. The van der Waals surface area contributed by atoms with Crippen molar-refractivity contribution in [3.8, 4) is 0 Å². The summed E-state index contributed by atoms with van der Waals surface area (Å²) in [5.74, 6) is -0.375. The summed E-state index contributed by atoms with van der Waals surface area (Å²) in [6.07, 6.45) is -1.17. The summed E-state index contributed by atoms with van der Waals surface area (Å²) in [7, 11) is 0. The van der Waals surface area contributed by atoms with Gasteiger partial charge in [0.25, 0.3) is 6.43 Å². The van der Waals surface area contributed by atoms with Crippen LogP contribution in [0.15, 0.2) is 0 Å². The zero-order valence-electron chi connectivity index (χ0n) is 9.88. The molecule has 0 aliphatic rings. The van der Waals surface area contributed by atoms with Gasteiger partial charge in [-0.2, -0.15) is 0 Å². The number of rotatable bonds is 8. The topological polar surface area (TPSA) is 49.3 Å². The van der Waals surface area contributed by atoms with Crippen LogP contribution in [0.2, 0.25) is 0 Å². The third kappa shape index (κ3) is 6.00. The summed E-state index contributed by atoms with van der Waals surface area (Å²) in [6, 6.07) is 0. The van der Waals surface area contributed by atoms with Crippen molar-refractivity contribution in [2.45, 2.75) is 52.1 Å². The number of carbonyl (C=O) groups excluding carboxylic acids is 1. The highest BCUT2D eigenvalue weighted by Gasteiger charge is 2.20. The molecule has 3 nitrogen and oxygen atoms in total. The van der Waals surface area contributed by atoms with E-state index in [2.05, 4.69) is 5.32 Å². The van der Waals surface area contributed by atoms with E-state index in [0.717, 1.165) is 19.3 Å². The molecule has 0 heterocycles. The zero-order valence-corrected chi connectivity index (χ0v) is 9.88. The monoisotopic (exact) mass is 237 g/mol. The van der Waals surface area contributed by atoms with E-state index in [1.165, 1.54) is 0 Å². The Balaban J connectivity index is 3.92. The summed E-state index contributed by atoms with van der Waals surface area (Å²) in [6.45, 7) is 3.55. The van der Waals surface area contributed by atoms with Crippen molar-refractivity contribution in [3.63, 3.8) is 0 Å². The first-order valence-electron chi connectivity index (χ1n) is 5.76. The molecule has 0 aromatic carbocycles. The zero-order chi connectivity index (χ0) is 12.6. The Morgan fingerprint density at radius 1 is 1.38 bits per heavy atom. The van der Waals surface area contributed by atoms with Gasteiger partial charge in [0.2, 0.25) is 5.91 Å². The number of amides is 1. The van der Waals surface area contributed by atoms with Gasteiger partial charge in [-0.25, -0.2) is 8.78 Å². The van der Waals surface area contributed by atoms with Crippen LogP contribution in [0.4, 0.5) is 8.78 Å². The highest BCUT2D eigenvalue weighted by atomic mass is 19.3. The molecule has 0 bridgehead atoms. The molecule has 0 saturated heterocycles. The number of alkyl halides is 2. The number of unbranched alkanes of at least 4 members (excludes halogenated alkanes) is 1. The molecule has 0 aliphatic heterocycles. The molecular formula is C11H21F2NO2. The van der Waals surface area contributed by atoms with E-state index in [-0.39, 0.29) is 18.4 Å². The van der Waals surface area contributed by atoms with Gasteiger partial charge in [0.1, 0.15) is 6.10 Å². The van der Waals surface area contributed by atoms with E-state index in [9.17, 15) is 13.6 Å². The Kier molecular flexibility index (Phi) is 8.07. The quantitative estimate of drug-likeness (QED) is 0.678. The molecule has 0 aromatic rings. The number of aliphatic hydroxyl groups excluding tert-OH is 1. The van der Waals surface area contributed by atoms with Gasteiger partial charge in [0, 0.05) is 12.5 Å². The SMILES string of the molecule is CCCCC(CC)C(=O)NCC(O)C(F)F. The van der Waals surface area contributed by atoms with Gasteiger partial charge in [-0.05, 0) is 12.8 Å². The van der Waals surface area contributed by atoms with Crippen molar-refractivity contribution in [3.05, 3.63) is 0 Å². The normalized spacial score (nSPS) is 14.9. The standard InChI is InChI=1S/C11H21F2NO2/c1-3-5-6-8(4-2)11(16)14-7-9(15)10(12)13/h8-10,15H,3-7H2,1-2H3,(H,14,16). The minimum Gasteiger partial charge on any atom is -0.385 e. The van der Waals surface area contributed by atoms with Crippen LogP contribution in [-0.2, 0) is 4.79 Å². The first-order valence-corrected chi connectivity index (χ1v) is 5.76. The van der Waals surface area contributed by atoms with Crippen LogP contribution < -0.4 is 5.32 Å². The Labute approximate surface area is 95.2 Å². The lowest BCUT2D eigenvalue weighted by Gasteiger charge is -2.16. The number of carbonyl (C=O) groups is 1. The van der Waals surface area contributed by atoms with Gasteiger partial charge < -0.3 is 10.4 Å². The van der Waals surface area contributed by atoms with Gasteiger partial charge in [0.15, 0.2) is 0 Å². The van der Waals surface area contributed by atoms with E-state index in [1.807, 2.05) is 13.8 Å². The van der Waals surface area contributed by atoms with Gasteiger partial charge in [-0.15, -0.1) is 0 Å². The fourth-order valence-corrected chi connectivity index (χ4v) is 1.41. The fraction of sp³-hybridized carbons (Fsp3) is 0.909. The van der Waals surface area contributed by atoms with E-state index < -0.39 is 12.5 Å². The molecule has 0 aromatic heterocycles. The maximum Gasteiger partial charge on any atom is 0.265 e. The fourth-order valence-electron chi connectivity index (χ4n) is 1.41. The Hall–Kier alpha value is -0.710. The van der Waals surface area contributed by atoms with Crippen LogP contribution >= 0.6 is 0 Å². The summed E-state index contributed by atoms with van der Waals surface area (Å²) in [4.78, 5) is 11.5. The van der Waals surface area contributed by atoms with Crippen molar-refractivity contribution in [2.24, 2.45) is 5.92 Å². The van der Waals surface area contributed by atoms with Crippen molar-refractivity contribution < 1.29 is 18.7 Å². The summed E-state index contributed by atoms with van der Waals surface area (Å²) in [5, 5.41) is 11.2. The summed E-state index contributed by atoms with van der Waals surface area (Å²) in [5.41, 5.74) is 0. The van der Waals surface area contributed by atoms with E-state index in [1.54, 1.807) is 0 Å². The number of nitrogens with one attached hydrogen (secondary N) is 1. The molecule has 2 N–H and O–H groups in total. The Morgan fingerprint density at radius 3 is 2.44 bits per heavy atom. The van der Waals surface area contributed by atoms with Gasteiger partial charge in [-0.1, -0.05) is 26.7 Å². The lowest BCUT2D eigenvalue weighted by molar-refractivity contribution is -0.126. The second kappa shape index (κ2) is 8.44. The second-order valence-corrected chi connectivity index (χ2v) is 3.89. The van der Waals surface area contributed by atoms with Crippen LogP contribution in [0.1, 0.15) is 39.5 Å². The van der Waals surface area contributed by atoms with E-state index in [4.69, 9.17) is 5.11 Å². The summed E-state index contributed by atoms with van der Waals surface area (Å²) < 4.78 is 23.9. The third-order valence-electron chi connectivity index (χ3n) is 2.55. The smallest absolute Gasteiger partial charge is 0.265 e. The van der Waals surface area contributed by atoms with Crippen molar-refractivity contribution in [1.29, 1.82) is 0 Å². The highest BCUT2D eigenvalue weighted by molar-refractivity contribution is 5.78. The molecule has 0 saturated carbocycles. The minimum atomic E-state index is -2.81. The largest absolute Gasteiger partial charge is 0.385 e. The lowest BCUT2D eigenvalue weighted by Crippen LogP contribution is -2.38. The minimum absolute atomic E-state index is 0.134. The van der Waals surface area contributed by atoms with Crippen LogP contribution in [0.25, 0.3) is 0 Å². The van der Waals surface area contributed by atoms with Gasteiger partial charge in [-0.3, -0.25) is 4.79 Å². The van der Waals surface area contributed by atoms with Gasteiger partial charge in [0.05, 0.1) is 0 Å². The average Bonchev–Trinajstić information content (AvgIpc) is 2.26. The highest BCUT2D eigenvalue weighted by Crippen LogP contribution is 2.12. The van der Waals surface area contributed by atoms with Crippen LogP contribution in [0, 0.1) is 5.92 Å². The van der Waals surface area contributed by atoms with Crippen LogP contribution in [0.5, 0.6) is 0 Å². The van der Waals surface area contributed by atoms with Gasteiger partial charge >= 0.3 is 0 Å². The lowest BCUT2D eigenvalue weighted by atomic mass is 9.98. The average molecular weight is 237 g/mol. The molecule has 2 atom stereocenters. The molecule has 5 heteroatoms. The predicted molar refractivity (Wildman–Crippen MR) is 58.3 cm³/mol. The molecule has 0 spiro atoms. The third-order valence-corrected chi connectivity index (χ3v) is 2.55. The summed E-state index contributed by atoms with van der Waals surface area (Å²) >= 11 is 0. The van der Waals surface area contributed by atoms with Crippen molar-refractivity contribution >= 4 is 5.91 Å². The van der Waals surface area contributed by atoms with Crippen molar-refractivity contribution in [1.82, 2.24) is 5.32 Å².